The largest absolute Gasteiger partial charge is 0.281 e. The van der Waals surface area contributed by atoms with Crippen LogP contribution < -0.4 is 0 Å². The van der Waals surface area contributed by atoms with Crippen LogP contribution in [0.1, 0.15) is 18.5 Å². The van der Waals surface area contributed by atoms with Crippen LogP contribution in [0.5, 0.6) is 0 Å². The minimum Gasteiger partial charge on any atom is -0.266 e. The van der Waals surface area contributed by atoms with Crippen LogP contribution in [0, 0.1) is 5.92 Å². The molecule has 0 aliphatic carbocycles. The van der Waals surface area contributed by atoms with Crippen LogP contribution in [0.2, 0.25) is 0 Å². The van der Waals surface area contributed by atoms with Gasteiger partial charge in [0.15, 0.2) is 0 Å². The molecule has 136 valence electrons. The molecule has 3 rings (SSSR count). The fourth-order valence-corrected chi connectivity index (χ4v) is 4.46. The van der Waals surface area contributed by atoms with E-state index >= 15 is 0 Å². The highest BCUT2D eigenvalue weighted by Crippen LogP contribution is 2.26. The van der Waals surface area contributed by atoms with Gasteiger partial charge in [0.25, 0.3) is 10.2 Å². The van der Waals surface area contributed by atoms with Crippen molar-refractivity contribution < 1.29 is 8.42 Å². The summed E-state index contributed by atoms with van der Waals surface area (Å²) in [5.74, 6) is 0.229. The Labute approximate surface area is 148 Å². The molecular formula is C16H24N6O2S. The van der Waals surface area contributed by atoms with Gasteiger partial charge in [-0.05, 0) is 31.2 Å². The van der Waals surface area contributed by atoms with E-state index in [1.165, 1.54) is 4.31 Å². The summed E-state index contributed by atoms with van der Waals surface area (Å²) in [4.78, 5) is 8.99. The highest BCUT2D eigenvalue weighted by atomic mass is 32.2. The van der Waals surface area contributed by atoms with Gasteiger partial charge < -0.3 is 0 Å². The lowest BCUT2D eigenvalue weighted by atomic mass is 9.93. The molecular weight excluding hydrogens is 340 g/mol. The zero-order chi connectivity index (χ0) is 18.0. The summed E-state index contributed by atoms with van der Waals surface area (Å²) in [7, 11) is 1.65. The Morgan fingerprint density at radius 1 is 1.24 bits per heavy atom. The molecule has 1 unspecified atom stereocenters. The van der Waals surface area contributed by atoms with Crippen molar-refractivity contribution in [3.8, 4) is 11.4 Å². The summed E-state index contributed by atoms with van der Waals surface area (Å²) in [6.45, 7) is 1.09. The predicted molar refractivity (Wildman–Crippen MR) is 94.8 cm³/mol. The Balaban J connectivity index is 1.81. The van der Waals surface area contributed by atoms with E-state index in [4.69, 9.17) is 0 Å². The first-order valence-electron chi connectivity index (χ1n) is 8.35. The van der Waals surface area contributed by atoms with Crippen LogP contribution >= 0.6 is 0 Å². The summed E-state index contributed by atoms with van der Waals surface area (Å²) in [6.07, 6.45) is 7.65. The van der Waals surface area contributed by atoms with Crippen LogP contribution in [-0.2, 0) is 23.7 Å². The van der Waals surface area contributed by atoms with E-state index in [-0.39, 0.29) is 5.92 Å². The second-order valence-electron chi connectivity index (χ2n) is 6.55. The zero-order valence-electron chi connectivity index (χ0n) is 14.8. The van der Waals surface area contributed by atoms with E-state index < -0.39 is 10.2 Å². The predicted octanol–water partition coefficient (Wildman–Crippen LogP) is 0.938. The summed E-state index contributed by atoms with van der Waals surface area (Å²) in [6, 6.07) is 1.91. The number of hydrogen-bond donors (Lipinski definition) is 0. The SMILES string of the molecule is CN(C)S(=O)(=O)N1CCCC(Cc2nccnc2-c2ccnn2C)C1. The van der Waals surface area contributed by atoms with Gasteiger partial charge in [0.2, 0.25) is 0 Å². The van der Waals surface area contributed by atoms with Crippen LogP contribution in [-0.4, -0.2) is 64.0 Å². The second-order valence-corrected chi connectivity index (χ2v) is 8.69. The maximum atomic E-state index is 12.4. The Bertz CT molecular complexity index is 833. The Kier molecular flexibility index (Phi) is 5.16. The summed E-state index contributed by atoms with van der Waals surface area (Å²) in [5.41, 5.74) is 2.62. The van der Waals surface area contributed by atoms with Crippen molar-refractivity contribution in [1.29, 1.82) is 0 Å². The lowest BCUT2D eigenvalue weighted by molar-refractivity contribution is 0.253. The van der Waals surface area contributed by atoms with Gasteiger partial charge >= 0.3 is 0 Å². The third-order valence-electron chi connectivity index (χ3n) is 4.59. The fourth-order valence-electron chi connectivity index (χ4n) is 3.24. The number of nitrogens with zero attached hydrogens (tertiary/aromatic N) is 6. The molecule has 1 fully saturated rings. The van der Waals surface area contributed by atoms with Crippen LogP contribution in [0.25, 0.3) is 11.4 Å². The first kappa shape index (κ1) is 18.0. The van der Waals surface area contributed by atoms with E-state index in [2.05, 4.69) is 15.1 Å². The van der Waals surface area contributed by atoms with E-state index in [9.17, 15) is 8.42 Å². The highest BCUT2D eigenvalue weighted by Gasteiger charge is 2.31. The van der Waals surface area contributed by atoms with Crippen molar-refractivity contribution in [3.05, 3.63) is 30.4 Å². The molecule has 0 N–H and O–H groups in total. The number of rotatable bonds is 5. The van der Waals surface area contributed by atoms with Crippen molar-refractivity contribution in [2.45, 2.75) is 19.3 Å². The molecule has 1 aliphatic rings. The molecule has 9 heteroatoms. The number of aryl methyl sites for hydroxylation is 1. The molecule has 0 bridgehead atoms. The Morgan fingerprint density at radius 3 is 2.68 bits per heavy atom. The van der Waals surface area contributed by atoms with E-state index in [1.807, 2.05) is 13.1 Å². The van der Waals surface area contributed by atoms with Crippen LogP contribution in [0.15, 0.2) is 24.7 Å². The number of hydrogen-bond acceptors (Lipinski definition) is 5. The lowest BCUT2D eigenvalue weighted by Crippen LogP contribution is -2.45. The summed E-state index contributed by atoms with van der Waals surface area (Å²) >= 11 is 0. The maximum Gasteiger partial charge on any atom is 0.281 e. The zero-order valence-corrected chi connectivity index (χ0v) is 15.6. The molecule has 0 spiro atoms. The van der Waals surface area contributed by atoms with Crippen LogP contribution in [0.3, 0.4) is 0 Å². The van der Waals surface area contributed by atoms with Crippen LogP contribution in [0.4, 0.5) is 0 Å². The number of aromatic nitrogens is 4. The first-order valence-corrected chi connectivity index (χ1v) is 9.75. The minimum atomic E-state index is -3.37. The van der Waals surface area contributed by atoms with Gasteiger partial charge in [0.05, 0.1) is 11.4 Å². The van der Waals surface area contributed by atoms with Gasteiger partial charge in [-0.25, -0.2) is 0 Å². The molecule has 2 aromatic rings. The van der Waals surface area contributed by atoms with Crippen molar-refractivity contribution in [1.82, 2.24) is 28.4 Å². The monoisotopic (exact) mass is 364 g/mol. The van der Waals surface area contributed by atoms with Crippen molar-refractivity contribution >= 4 is 10.2 Å². The highest BCUT2D eigenvalue weighted by molar-refractivity contribution is 7.86. The molecule has 1 atom stereocenters. The summed E-state index contributed by atoms with van der Waals surface area (Å²) in [5, 5.41) is 4.20. The molecule has 0 amide bonds. The average molecular weight is 364 g/mol. The maximum absolute atomic E-state index is 12.4. The van der Waals surface area contributed by atoms with Gasteiger partial charge in [0, 0.05) is 52.8 Å². The molecule has 0 aromatic carbocycles. The molecule has 1 saturated heterocycles. The molecule has 0 radical (unpaired) electrons. The topological polar surface area (TPSA) is 84.2 Å². The minimum absolute atomic E-state index is 0.229. The third-order valence-corrected chi connectivity index (χ3v) is 6.50. The summed E-state index contributed by atoms with van der Waals surface area (Å²) < 4.78 is 29.4. The smallest absolute Gasteiger partial charge is 0.266 e. The van der Waals surface area contributed by atoms with E-state index in [1.54, 1.807) is 41.7 Å². The number of piperidine rings is 1. The van der Waals surface area contributed by atoms with Gasteiger partial charge in [0.1, 0.15) is 5.69 Å². The first-order chi connectivity index (χ1) is 11.9. The fraction of sp³-hybridized carbons (Fsp3) is 0.562. The Morgan fingerprint density at radius 2 is 2.00 bits per heavy atom. The molecule has 0 saturated carbocycles. The standard InChI is InChI=1S/C16H24N6O2S/c1-20(2)25(23,24)22-10-4-5-13(12-22)11-14-16(18-9-8-17-14)15-6-7-19-21(15)3/h6-9,13H,4-5,10-12H2,1-3H3. The normalized spacial score (nSPS) is 19.4. The molecule has 25 heavy (non-hydrogen) atoms. The van der Waals surface area contributed by atoms with E-state index in [0.717, 1.165) is 29.9 Å². The Hall–Kier alpha value is -1.84. The molecule has 3 heterocycles. The van der Waals surface area contributed by atoms with Gasteiger partial charge in [-0.3, -0.25) is 14.6 Å². The third kappa shape index (κ3) is 3.73. The van der Waals surface area contributed by atoms with Gasteiger partial charge in [-0.2, -0.15) is 22.1 Å². The molecule has 1 aliphatic heterocycles. The lowest BCUT2D eigenvalue weighted by Gasteiger charge is -2.33. The van der Waals surface area contributed by atoms with Crippen molar-refractivity contribution in [2.24, 2.45) is 13.0 Å². The van der Waals surface area contributed by atoms with E-state index in [0.29, 0.717) is 19.5 Å². The molecule has 2 aromatic heterocycles. The second kappa shape index (κ2) is 7.19. The van der Waals surface area contributed by atoms with Gasteiger partial charge in [-0.15, -0.1) is 0 Å². The van der Waals surface area contributed by atoms with Crippen molar-refractivity contribution in [2.75, 3.05) is 27.2 Å². The average Bonchev–Trinajstić information content (AvgIpc) is 3.01. The molecule has 8 nitrogen and oxygen atoms in total. The van der Waals surface area contributed by atoms with Crippen molar-refractivity contribution in [3.63, 3.8) is 0 Å². The van der Waals surface area contributed by atoms with Gasteiger partial charge in [-0.1, -0.05) is 0 Å². The quantitative estimate of drug-likeness (QED) is 0.788.